The summed E-state index contributed by atoms with van der Waals surface area (Å²) in [4.78, 5) is 2.59. The van der Waals surface area contributed by atoms with Crippen LogP contribution in [0.25, 0.3) is 0 Å². The van der Waals surface area contributed by atoms with Crippen LogP contribution in [0, 0.1) is 0 Å². The van der Waals surface area contributed by atoms with Gasteiger partial charge in [-0.05, 0) is 32.2 Å². The lowest BCUT2D eigenvalue weighted by Gasteiger charge is -2.21. The van der Waals surface area contributed by atoms with Gasteiger partial charge in [-0.15, -0.1) is 0 Å². The van der Waals surface area contributed by atoms with Gasteiger partial charge in [0.05, 0.1) is 0 Å². The van der Waals surface area contributed by atoms with E-state index in [-0.39, 0.29) is 0 Å². The van der Waals surface area contributed by atoms with Crippen LogP contribution in [0.15, 0.2) is 0 Å². The first kappa shape index (κ1) is 11.3. The molecule has 0 aromatic heterocycles. The van der Waals surface area contributed by atoms with Crippen LogP contribution in [0.2, 0.25) is 0 Å². The standard InChI is InChI=1S/C10H22N2S/c1-3-13-8-7-12-6-4-5-11-10(2)9-12/h10-11H,3-9H2,1-2H3. The lowest BCUT2D eigenvalue weighted by Crippen LogP contribution is -2.36. The van der Waals surface area contributed by atoms with E-state index in [4.69, 9.17) is 0 Å². The number of hydrogen-bond acceptors (Lipinski definition) is 3. The Kier molecular flexibility index (Phi) is 5.83. The van der Waals surface area contributed by atoms with Crippen molar-refractivity contribution in [2.45, 2.75) is 26.3 Å². The Morgan fingerprint density at radius 1 is 1.54 bits per heavy atom. The van der Waals surface area contributed by atoms with E-state index < -0.39 is 0 Å². The molecular formula is C10H22N2S. The van der Waals surface area contributed by atoms with Gasteiger partial charge in [-0.2, -0.15) is 11.8 Å². The summed E-state index contributed by atoms with van der Waals surface area (Å²) in [5.41, 5.74) is 0. The predicted molar refractivity (Wildman–Crippen MR) is 61.5 cm³/mol. The van der Waals surface area contributed by atoms with Crippen molar-refractivity contribution in [1.82, 2.24) is 10.2 Å². The molecular weight excluding hydrogens is 180 g/mol. The highest BCUT2D eigenvalue weighted by Gasteiger charge is 2.12. The summed E-state index contributed by atoms with van der Waals surface area (Å²) in [6.07, 6.45) is 1.31. The normalized spacial score (nSPS) is 25.8. The molecule has 1 rings (SSSR count). The molecule has 0 bridgehead atoms. The second-order valence-corrected chi connectivity index (χ2v) is 5.10. The molecule has 1 atom stereocenters. The maximum absolute atomic E-state index is 3.52. The Morgan fingerprint density at radius 3 is 3.15 bits per heavy atom. The van der Waals surface area contributed by atoms with Crippen molar-refractivity contribution in [3.63, 3.8) is 0 Å². The van der Waals surface area contributed by atoms with E-state index in [2.05, 4.69) is 24.1 Å². The molecule has 1 aliphatic heterocycles. The number of hydrogen-bond donors (Lipinski definition) is 1. The summed E-state index contributed by atoms with van der Waals surface area (Å²) in [5.74, 6) is 2.55. The predicted octanol–water partition coefficient (Wildman–Crippen LogP) is 1.42. The quantitative estimate of drug-likeness (QED) is 0.694. The zero-order valence-corrected chi connectivity index (χ0v) is 9.70. The van der Waals surface area contributed by atoms with Gasteiger partial charge in [-0.25, -0.2) is 0 Å². The minimum absolute atomic E-state index is 0.675. The third kappa shape index (κ3) is 4.89. The van der Waals surface area contributed by atoms with Gasteiger partial charge in [-0.3, -0.25) is 0 Å². The van der Waals surface area contributed by atoms with Crippen LogP contribution in [0.1, 0.15) is 20.3 Å². The fraction of sp³-hybridized carbons (Fsp3) is 1.00. The SMILES string of the molecule is CCSCCN1CCCNC(C)C1. The summed E-state index contributed by atoms with van der Waals surface area (Å²) in [6, 6.07) is 0.675. The highest BCUT2D eigenvalue weighted by Crippen LogP contribution is 2.04. The second kappa shape index (κ2) is 6.68. The van der Waals surface area contributed by atoms with Crippen molar-refractivity contribution in [1.29, 1.82) is 0 Å². The molecule has 78 valence electrons. The Balaban J connectivity index is 2.15. The summed E-state index contributed by atoms with van der Waals surface area (Å²) >= 11 is 2.05. The lowest BCUT2D eigenvalue weighted by atomic mass is 10.3. The Labute approximate surface area is 86.5 Å². The number of nitrogens with one attached hydrogen (secondary N) is 1. The highest BCUT2D eigenvalue weighted by molar-refractivity contribution is 7.99. The monoisotopic (exact) mass is 202 g/mol. The molecule has 0 amide bonds. The van der Waals surface area contributed by atoms with Crippen molar-refractivity contribution in [3.8, 4) is 0 Å². The van der Waals surface area contributed by atoms with Crippen LogP contribution in [-0.4, -0.2) is 48.6 Å². The third-order valence-corrected chi connectivity index (χ3v) is 3.31. The largest absolute Gasteiger partial charge is 0.313 e. The molecule has 3 heteroatoms. The maximum Gasteiger partial charge on any atom is 0.0166 e. The van der Waals surface area contributed by atoms with Crippen LogP contribution in [0.5, 0.6) is 0 Å². The molecule has 0 aromatic rings. The van der Waals surface area contributed by atoms with Gasteiger partial charge in [0.1, 0.15) is 0 Å². The maximum atomic E-state index is 3.52. The van der Waals surface area contributed by atoms with Gasteiger partial charge in [-0.1, -0.05) is 6.92 Å². The fourth-order valence-corrected chi connectivity index (χ4v) is 2.41. The minimum Gasteiger partial charge on any atom is -0.313 e. The molecule has 1 unspecified atom stereocenters. The van der Waals surface area contributed by atoms with Crippen LogP contribution in [0.4, 0.5) is 0 Å². The molecule has 0 aromatic carbocycles. The Hall–Kier alpha value is 0.270. The molecule has 1 aliphatic rings. The van der Waals surface area contributed by atoms with Crippen molar-refractivity contribution in [2.24, 2.45) is 0 Å². The van der Waals surface area contributed by atoms with E-state index in [1.165, 1.54) is 44.1 Å². The van der Waals surface area contributed by atoms with Gasteiger partial charge in [0.25, 0.3) is 0 Å². The highest BCUT2D eigenvalue weighted by atomic mass is 32.2. The van der Waals surface area contributed by atoms with E-state index in [1.807, 2.05) is 11.8 Å². The number of nitrogens with zero attached hydrogens (tertiary/aromatic N) is 1. The van der Waals surface area contributed by atoms with Crippen molar-refractivity contribution >= 4 is 11.8 Å². The first-order chi connectivity index (χ1) is 6.33. The zero-order chi connectivity index (χ0) is 9.52. The van der Waals surface area contributed by atoms with E-state index in [0.717, 1.165) is 0 Å². The van der Waals surface area contributed by atoms with E-state index in [9.17, 15) is 0 Å². The zero-order valence-electron chi connectivity index (χ0n) is 8.88. The summed E-state index contributed by atoms with van der Waals surface area (Å²) in [5, 5.41) is 3.52. The second-order valence-electron chi connectivity index (χ2n) is 3.71. The van der Waals surface area contributed by atoms with Crippen LogP contribution < -0.4 is 5.32 Å². The van der Waals surface area contributed by atoms with Crippen LogP contribution >= 0.6 is 11.8 Å². The van der Waals surface area contributed by atoms with Crippen molar-refractivity contribution in [2.75, 3.05) is 37.7 Å². The fourth-order valence-electron chi connectivity index (χ4n) is 1.74. The molecule has 0 saturated carbocycles. The number of thioether (sulfide) groups is 1. The van der Waals surface area contributed by atoms with Gasteiger partial charge in [0.2, 0.25) is 0 Å². The van der Waals surface area contributed by atoms with Gasteiger partial charge in [0, 0.05) is 24.9 Å². The molecule has 0 radical (unpaired) electrons. The van der Waals surface area contributed by atoms with E-state index in [1.54, 1.807) is 0 Å². The van der Waals surface area contributed by atoms with E-state index in [0.29, 0.717) is 6.04 Å². The number of rotatable bonds is 4. The average Bonchev–Trinajstić information content (AvgIpc) is 2.31. The van der Waals surface area contributed by atoms with Crippen molar-refractivity contribution in [3.05, 3.63) is 0 Å². The Morgan fingerprint density at radius 2 is 2.38 bits per heavy atom. The molecule has 0 spiro atoms. The van der Waals surface area contributed by atoms with Gasteiger partial charge < -0.3 is 10.2 Å². The average molecular weight is 202 g/mol. The van der Waals surface area contributed by atoms with Crippen LogP contribution in [0.3, 0.4) is 0 Å². The lowest BCUT2D eigenvalue weighted by molar-refractivity contribution is 0.289. The van der Waals surface area contributed by atoms with Crippen molar-refractivity contribution < 1.29 is 0 Å². The molecule has 1 N–H and O–H groups in total. The molecule has 2 nitrogen and oxygen atoms in total. The third-order valence-electron chi connectivity index (χ3n) is 2.43. The smallest absolute Gasteiger partial charge is 0.0166 e. The summed E-state index contributed by atoms with van der Waals surface area (Å²) < 4.78 is 0. The van der Waals surface area contributed by atoms with Gasteiger partial charge in [0.15, 0.2) is 0 Å². The van der Waals surface area contributed by atoms with E-state index >= 15 is 0 Å². The summed E-state index contributed by atoms with van der Waals surface area (Å²) in [6.45, 7) is 9.48. The first-order valence-electron chi connectivity index (χ1n) is 5.36. The molecule has 1 heterocycles. The molecule has 1 saturated heterocycles. The van der Waals surface area contributed by atoms with Gasteiger partial charge >= 0.3 is 0 Å². The first-order valence-corrected chi connectivity index (χ1v) is 6.52. The summed E-state index contributed by atoms with van der Waals surface area (Å²) in [7, 11) is 0. The molecule has 13 heavy (non-hydrogen) atoms. The topological polar surface area (TPSA) is 15.3 Å². The Bertz CT molecular complexity index is 130. The molecule has 1 fully saturated rings. The van der Waals surface area contributed by atoms with Crippen LogP contribution in [-0.2, 0) is 0 Å². The molecule has 0 aliphatic carbocycles. The minimum atomic E-state index is 0.675.